The fraction of sp³-hybridized carbons (Fsp3) is 0.571. The van der Waals surface area contributed by atoms with Crippen LogP contribution in [0.3, 0.4) is 0 Å². The molecule has 0 amide bonds. The molecule has 0 aliphatic carbocycles. The molecule has 0 saturated carbocycles. The highest BCUT2D eigenvalue weighted by atomic mass is 19.1. The Kier molecular flexibility index (Phi) is 5.13. The second-order valence-electron chi connectivity index (χ2n) is 4.67. The molecule has 0 spiro atoms. The molecule has 1 aromatic carbocycles. The minimum Gasteiger partial charge on any atom is -0.394 e. The van der Waals surface area contributed by atoms with Crippen molar-refractivity contribution < 1.29 is 14.2 Å². The van der Waals surface area contributed by atoms with Gasteiger partial charge in [-0.05, 0) is 30.3 Å². The first-order chi connectivity index (χ1) is 9.24. The molecule has 1 unspecified atom stereocenters. The predicted molar refractivity (Wildman–Crippen MR) is 72.8 cm³/mol. The number of rotatable bonds is 5. The van der Waals surface area contributed by atoms with E-state index in [9.17, 15) is 9.50 Å². The molecule has 1 aliphatic heterocycles. The number of ether oxygens (including phenoxy) is 1. The normalized spacial score (nSPS) is 19.7. The van der Waals surface area contributed by atoms with Crippen molar-refractivity contribution >= 4 is 5.69 Å². The van der Waals surface area contributed by atoms with E-state index >= 15 is 0 Å². The topological polar surface area (TPSA) is 44.7 Å². The summed E-state index contributed by atoms with van der Waals surface area (Å²) in [7, 11) is 0. The average molecular weight is 268 g/mol. The van der Waals surface area contributed by atoms with E-state index in [1.807, 2.05) is 13.0 Å². The number of benzene rings is 1. The molecular weight excluding hydrogens is 247 g/mol. The van der Waals surface area contributed by atoms with Gasteiger partial charge >= 0.3 is 0 Å². The van der Waals surface area contributed by atoms with E-state index in [-0.39, 0.29) is 18.5 Å². The van der Waals surface area contributed by atoms with Gasteiger partial charge in [0.05, 0.1) is 19.3 Å². The van der Waals surface area contributed by atoms with E-state index in [2.05, 4.69) is 10.2 Å². The SMILES string of the molecule is CCNCc1cc(F)ccc1N1CCOC(CO)C1. The zero-order valence-electron chi connectivity index (χ0n) is 11.2. The number of aliphatic hydroxyl groups is 1. The number of nitrogens with zero attached hydrogens (tertiary/aromatic N) is 1. The maximum absolute atomic E-state index is 13.4. The van der Waals surface area contributed by atoms with Crippen molar-refractivity contribution in [2.24, 2.45) is 0 Å². The highest BCUT2D eigenvalue weighted by Gasteiger charge is 2.21. The maximum Gasteiger partial charge on any atom is 0.123 e. The highest BCUT2D eigenvalue weighted by molar-refractivity contribution is 5.54. The third-order valence-electron chi connectivity index (χ3n) is 3.29. The fourth-order valence-corrected chi connectivity index (χ4v) is 2.31. The van der Waals surface area contributed by atoms with Gasteiger partial charge in [0.15, 0.2) is 0 Å². The molecule has 2 rings (SSSR count). The van der Waals surface area contributed by atoms with Crippen LogP contribution in [-0.4, -0.2) is 44.1 Å². The molecule has 2 N–H and O–H groups in total. The summed E-state index contributed by atoms with van der Waals surface area (Å²) in [6.07, 6.45) is -0.161. The number of aliphatic hydroxyl groups excluding tert-OH is 1. The van der Waals surface area contributed by atoms with Crippen LogP contribution in [-0.2, 0) is 11.3 Å². The Hall–Kier alpha value is -1.17. The van der Waals surface area contributed by atoms with Crippen molar-refractivity contribution in [2.45, 2.75) is 19.6 Å². The minimum atomic E-state index is -0.219. The molecule has 1 atom stereocenters. The van der Waals surface area contributed by atoms with Gasteiger partial charge in [0.1, 0.15) is 5.82 Å². The van der Waals surface area contributed by atoms with Gasteiger partial charge in [0.2, 0.25) is 0 Å². The fourth-order valence-electron chi connectivity index (χ4n) is 2.31. The van der Waals surface area contributed by atoms with Crippen LogP contribution < -0.4 is 10.2 Å². The van der Waals surface area contributed by atoms with Crippen molar-refractivity contribution in [3.8, 4) is 0 Å². The molecule has 1 aliphatic rings. The summed E-state index contributed by atoms with van der Waals surface area (Å²) < 4.78 is 18.8. The van der Waals surface area contributed by atoms with E-state index in [0.717, 1.165) is 24.3 Å². The van der Waals surface area contributed by atoms with Crippen molar-refractivity contribution in [1.29, 1.82) is 0 Å². The van der Waals surface area contributed by atoms with Gasteiger partial charge in [0, 0.05) is 25.3 Å². The maximum atomic E-state index is 13.4. The van der Waals surface area contributed by atoms with Crippen LogP contribution in [0.1, 0.15) is 12.5 Å². The lowest BCUT2D eigenvalue weighted by Crippen LogP contribution is -2.44. The minimum absolute atomic E-state index is 0.0141. The first-order valence-corrected chi connectivity index (χ1v) is 6.71. The van der Waals surface area contributed by atoms with Crippen LogP contribution >= 0.6 is 0 Å². The van der Waals surface area contributed by atoms with Crippen LogP contribution in [0.25, 0.3) is 0 Å². The van der Waals surface area contributed by atoms with Gasteiger partial charge in [-0.2, -0.15) is 0 Å². The summed E-state index contributed by atoms with van der Waals surface area (Å²) >= 11 is 0. The summed E-state index contributed by atoms with van der Waals surface area (Å²) in [6, 6.07) is 4.86. The first kappa shape index (κ1) is 14.2. The summed E-state index contributed by atoms with van der Waals surface area (Å²) in [4.78, 5) is 2.15. The monoisotopic (exact) mass is 268 g/mol. The number of nitrogens with one attached hydrogen (secondary N) is 1. The van der Waals surface area contributed by atoms with Gasteiger partial charge in [-0.25, -0.2) is 4.39 Å². The summed E-state index contributed by atoms with van der Waals surface area (Å²) in [5.74, 6) is -0.219. The smallest absolute Gasteiger partial charge is 0.123 e. The van der Waals surface area contributed by atoms with Crippen molar-refractivity contribution in [3.05, 3.63) is 29.6 Å². The summed E-state index contributed by atoms with van der Waals surface area (Å²) in [5.41, 5.74) is 1.96. The van der Waals surface area contributed by atoms with Gasteiger partial charge < -0.3 is 20.1 Å². The van der Waals surface area contributed by atoms with E-state index in [1.165, 1.54) is 6.07 Å². The molecule has 5 heteroatoms. The summed E-state index contributed by atoms with van der Waals surface area (Å²) in [6.45, 7) is 5.52. The second-order valence-corrected chi connectivity index (χ2v) is 4.67. The lowest BCUT2D eigenvalue weighted by molar-refractivity contribution is 0.00352. The molecular formula is C14H21FN2O2. The Bertz CT molecular complexity index is 414. The zero-order valence-corrected chi connectivity index (χ0v) is 11.2. The van der Waals surface area contributed by atoms with E-state index in [0.29, 0.717) is 19.7 Å². The number of halogens is 1. The Balaban J connectivity index is 2.17. The molecule has 1 aromatic rings. The van der Waals surface area contributed by atoms with Gasteiger partial charge in [-0.15, -0.1) is 0 Å². The Morgan fingerprint density at radius 1 is 1.53 bits per heavy atom. The van der Waals surface area contributed by atoms with E-state index < -0.39 is 0 Å². The largest absolute Gasteiger partial charge is 0.394 e. The average Bonchev–Trinajstić information content (AvgIpc) is 2.45. The molecule has 0 bridgehead atoms. The molecule has 0 aromatic heterocycles. The van der Waals surface area contributed by atoms with Crippen LogP contribution in [0.5, 0.6) is 0 Å². The molecule has 4 nitrogen and oxygen atoms in total. The molecule has 1 heterocycles. The second kappa shape index (κ2) is 6.84. The van der Waals surface area contributed by atoms with Crippen molar-refractivity contribution in [3.63, 3.8) is 0 Å². The molecule has 1 saturated heterocycles. The first-order valence-electron chi connectivity index (χ1n) is 6.71. The third-order valence-corrected chi connectivity index (χ3v) is 3.29. The molecule has 19 heavy (non-hydrogen) atoms. The lowest BCUT2D eigenvalue weighted by atomic mass is 10.1. The van der Waals surface area contributed by atoms with Crippen molar-refractivity contribution in [1.82, 2.24) is 5.32 Å². The van der Waals surface area contributed by atoms with Crippen LogP contribution in [0, 0.1) is 5.82 Å². The number of hydrogen-bond donors (Lipinski definition) is 2. The molecule has 1 fully saturated rings. The summed E-state index contributed by atoms with van der Waals surface area (Å²) in [5, 5.41) is 12.4. The van der Waals surface area contributed by atoms with Crippen LogP contribution in [0.15, 0.2) is 18.2 Å². The van der Waals surface area contributed by atoms with E-state index in [4.69, 9.17) is 4.74 Å². The van der Waals surface area contributed by atoms with E-state index in [1.54, 1.807) is 6.07 Å². The van der Waals surface area contributed by atoms with Gasteiger partial charge in [-0.3, -0.25) is 0 Å². The van der Waals surface area contributed by atoms with Crippen LogP contribution in [0.4, 0.5) is 10.1 Å². The Morgan fingerprint density at radius 2 is 2.37 bits per heavy atom. The number of hydrogen-bond acceptors (Lipinski definition) is 4. The highest BCUT2D eigenvalue weighted by Crippen LogP contribution is 2.24. The Morgan fingerprint density at radius 3 is 3.11 bits per heavy atom. The molecule has 0 radical (unpaired) electrons. The van der Waals surface area contributed by atoms with Gasteiger partial charge in [0.25, 0.3) is 0 Å². The third kappa shape index (κ3) is 3.65. The lowest BCUT2D eigenvalue weighted by Gasteiger charge is -2.35. The zero-order chi connectivity index (χ0) is 13.7. The van der Waals surface area contributed by atoms with Crippen LogP contribution in [0.2, 0.25) is 0 Å². The standard InChI is InChI=1S/C14H21FN2O2/c1-2-16-8-11-7-12(15)3-4-14(11)17-5-6-19-13(9-17)10-18/h3-4,7,13,16,18H,2,5-6,8-10H2,1H3. The van der Waals surface area contributed by atoms with Crippen molar-refractivity contribution in [2.75, 3.05) is 37.7 Å². The van der Waals surface area contributed by atoms with Gasteiger partial charge in [-0.1, -0.05) is 6.92 Å². The number of anilines is 1. The Labute approximate surface area is 113 Å². The predicted octanol–water partition coefficient (Wildman–Crippen LogP) is 1.13. The number of morpholine rings is 1. The quantitative estimate of drug-likeness (QED) is 0.840. The molecule has 106 valence electrons.